The highest BCUT2D eigenvalue weighted by molar-refractivity contribution is 5.95. The molecule has 4 rings (SSSR count). The lowest BCUT2D eigenvalue weighted by Gasteiger charge is -2.19. The Balaban J connectivity index is 1.94. The fourth-order valence-corrected chi connectivity index (χ4v) is 2.74. The lowest BCUT2D eigenvalue weighted by molar-refractivity contribution is 0.171. The number of nitrogens with zero attached hydrogens (tertiary/aromatic N) is 1. The lowest BCUT2D eigenvalue weighted by atomic mass is 10.0. The van der Waals surface area contributed by atoms with Gasteiger partial charge in [0.05, 0.1) is 5.69 Å². The molecule has 0 unspecified atom stereocenters. The lowest BCUT2D eigenvalue weighted by Crippen LogP contribution is -2.15. The predicted molar refractivity (Wildman–Crippen MR) is 82.9 cm³/mol. The second kappa shape index (κ2) is 4.77. The molecule has 0 saturated heterocycles. The van der Waals surface area contributed by atoms with Gasteiger partial charge in [0.2, 0.25) is 0 Å². The van der Waals surface area contributed by atoms with Crippen molar-refractivity contribution in [3.05, 3.63) is 54.2 Å². The SMILES string of the molecule is Cc1cc2ccccc2c(-c2ccc3c(c2)OCCO3)n1. The van der Waals surface area contributed by atoms with Gasteiger partial charge in [0.15, 0.2) is 11.5 Å². The molecule has 0 aliphatic carbocycles. The molecule has 0 N–H and O–H groups in total. The molecule has 0 atom stereocenters. The third-order valence-corrected chi connectivity index (χ3v) is 3.68. The van der Waals surface area contributed by atoms with Crippen LogP contribution in [0.4, 0.5) is 0 Å². The van der Waals surface area contributed by atoms with Gasteiger partial charge in [-0.05, 0) is 36.6 Å². The minimum atomic E-state index is 0.596. The Hall–Kier alpha value is -2.55. The molecule has 3 heteroatoms. The highest BCUT2D eigenvalue weighted by Gasteiger charge is 2.14. The number of aryl methyl sites for hydroxylation is 1. The summed E-state index contributed by atoms with van der Waals surface area (Å²) in [4.78, 5) is 4.72. The Morgan fingerprint density at radius 3 is 2.62 bits per heavy atom. The molecule has 1 aromatic heterocycles. The van der Waals surface area contributed by atoms with Crippen LogP contribution in [-0.4, -0.2) is 18.2 Å². The predicted octanol–water partition coefficient (Wildman–Crippen LogP) is 3.98. The van der Waals surface area contributed by atoms with Gasteiger partial charge in [0.1, 0.15) is 13.2 Å². The second-order valence-electron chi connectivity index (χ2n) is 5.19. The van der Waals surface area contributed by atoms with Gasteiger partial charge in [-0.1, -0.05) is 24.3 Å². The molecule has 2 aromatic carbocycles. The molecule has 0 bridgehead atoms. The number of fused-ring (bicyclic) bond motifs is 2. The molecule has 2 heterocycles. The number of hydrogen-bond acceptors (Lipinski definition) is 3. The first-order valence-corrected chi connectivity index (χ1v) is 7.08. The standard InChI is InChI=1S/C18H15NO2/c1-12-10-13-4-2-3-5-15(13)18(19-12)14-6-7-16-17(11-14)21-9-8-20-16/h2-7,10-11H,8-9H2,1H3. The zero-order valence-corrected chi connectivity index (χ0v) is 11.8. The van der Waals surface area contributed by atoms with E-state index in [0.717, 1.165) is 33.8 Å². The fourth-order valence-electron chi connectivity index (χ4n) is 2.74. The normalized spacial score (nSPS) is 13.4. The van der Waals surface area contributed by atoms with Crippen LogP contribution in [-0.2, 0) is 0 Å². The Morgan fingerprint density at radius 2 is 1.71 bits per heavy atom. The maximum Gasteiger partial charge on any atom is 0.162 e. The van der Waals surface area contributed by atoms with Gasteiger partial charge in [0, 0.05) is 16.6 Å². The van der Waals surface area contributed by atoms with E-state index in [1.807, 2.05) is 31.2 Å². The van der Waals surface area contributed by atoms with E-state index in [9.17, 15) is 0 Å². The zero-order chi connectivity index (χ0) is 14.2. The van der Waals surface area contributed by atoms with Crippen LogP contribution in [0.25, 0.3) is 22.0 Å². The van der Waals surface area contributed by atoms with E-state index in [1.165, 1.54) is 5.39 Å². The molecule has 0 saturated carbocycles. The average molecular weight is 277 g/mol. The Kier molecular flexibility index (Phi) is 2.78. The highest BCUT2D eigenvalue weighted by Crippen LogP contribution is 2.36. The van der Waals surface area contributed by atoms with Crippen molar-refractivity contribution in [1.82, 2.24) is 4.98 Å². The minimum absolute atomic E-state index is 0.596. The Morgan fingerprint density at radius 1 is 0.905 bits per heavy atom. The maximum absolute atomic E-state index is 5.68. The molecule has 1 aliphatic heterocycles. The summed E-state index contributed by atoms with van der Waals surface area (Å²) in [6, 6.07) is 16.4. The van der Waals surface area contributed by atoms with E-state index in [4.69, 9.17) is 14.5 Å². The molecule has 21 heavy (non-hydrogen) atoms. The number of pyridine rings is 1. The van der Waals surface area contributed by atoms with E-state index >= 15 is 0 Å². The molecule has 0 spiro atoms. The molecule has 0 radical (unpaired) electrons. The van der Waals surface area contributed by atoms with Gasteiger partial charge in [-0.3, -0.25) is 4.98 Å². The van der Waals surface area contributed by atoms with Crippen molar-refractivity contribution in [1.29, 1.82) is 0 Å². The van der Waals surface area contributed by atoms with Crippen LogP contribution in [0, 0.1) is 6.92 Å². The van der Waals surface area contributed by atoms with Crippen LogP contribution in [0.2, 0.25) is 0 Å². The smallest absolute Gasteiger partial charge is 0.162 e. The van der Waals surface area contributed by atoms with Crippen LogP contribution in [0.15, 0.2) is 48.5 Å². The molecule has 0 amide bonds. The van der Waals surface area contributed by atoms with Crippen LogP contribution in [0.3, 0.4) is 0 Å². The van der Waals surface area contributed by atoms with Gasteiger partial charge in [-0.15, -0.1) is 0 Å². The zero-order valence-electron chi connectivity index (χ0n) is 11.8. The molecule has 3 aromatic rings. The molecule has 104 valence electrons. The molecule has 1 aliphatic rings. The monoisotopic (exact) mass is 277 g/mol. The quantitative estimate of drug-likeness (QED) is 0.674. The number of aromatic nitrogens is 1. The van der Waals surface area contributed by atoms with Gasteiger partial charge in [-0.25, -0.2) is 0 Å². The third kappa shape index (κ3) is 2.11. The summed E-state index contributed by atoms with van der Waals surface area (Å²) in [7, 11) is 0. The first-order chi connectivity index (χ1) is 10.3. The maximum atomic E-state index is 5.68. The second-order valence-corrected chi connectivity index (χ2v) is 5.19. The first kappa shape index (κ1) is 12.2. The Labute approximate surface area is 123 Å². The van der Waals surface area contributed by atoms with E-state index in [2.05, 4.69) is 24.3 Å². The van der Waals surface area contributed by atoms with Crippen LogP contribution in [0.5, 0.6) is 11.5 Å². The summed E-state index contributed by atoms with van der Waals surface area (Å²) >= 11 is 0. The highest BCUT2D eigenvalue weighted by atomic mass is 16.6. The van der Waals surface area contributed by atoms with Crippen LogP contribution in [0.1, 0.15) is 5.69 Å². The van der Waals surface area contributed by atoms with Crippen molar-refractivity contribution in [2.75, 3.05) is 13.2 Å². The topological polar surface area (TPSA) is 31.4 Å². The van der Waals surface area contributed by atoms with Gasteiger partial charge in [-0.2, -0.15) is 0 Å². The average Bonchev–Trinajstić information content (AvgIpc) is 2.53. The van der Waals surface area contributed by atoms with Crippen molar-refractivity contribution in [3.63, 3.8) is 0 Å². The number of rotatable bonds is 1. The molecule has 3 nitrogen and oxygen atoms in total. The number of hydrogen-bond donors (Lipinski definition) is 0. The summed E-state index contributed by atoms with van der Waals surface area (Å²) in [6.45, 7) is 3.23. The van der Waals surface area contributed by atoms with Crippen molar-refractivity contribution in [2.45, 2.75) is 6.92 Å². The van der Waals surface area contributed by atoms with Crippen molar-refractivity contribution >= 4 is 10.8 Å². The third-order valence-electron chi connectivity index (χ3n) is 3.68. The summed E-state index contributed by atoms with van der Waals surface area (Å²) < 4.78 is 11.3. The minimum Gasteiger partial charge on any atom is -0.486 e. The molecular weight excluding hydrogens is 262 g/mol. The number of ether oxygens (including phenoxy) is 2. The summed E-state index contributed by atoms with van der Waals surface area (Å²) in [6.07, 6.45) is 0. The summed E-state index contributed by atoms with van der Waals surface area (Å²) in [5, 5.41) is 2.36. The molecule has 0 fully saturated rings. The first-order valence-electron chi connectivity index (χ1n) is 7.08. The van der Waals surface area contributed by atoms with Crippen LogP contribution < -0.4 is 9.47 Å². The summed E-state index contributed by atoms with van der Waals surface area (Å²) in [5.74, 6) is 1.60. The Bertz CT molecular complexity index is 827. The van der Waals surface area contributed by atoms with Crippen molar-refractivity contribution in [2.24, 2.45) is 0 Å². The largest absolute Gasteiger partial charge is 0.486 e. The van der Waals surface area contributed by atoms with E-state index in [-0.39, 0.29) is 0 Å². The summed E-state index contributed by atoms with van der Waals surface area (Å²) in [5.41, 5.74) is 3.06. The van der Waals surface area contributed by atoms with Gasteiger partial charge >= 0.3 is 0 Å². The van der Waals surface area contributed by atoms with Crippen molar-refractivity contribution in [3.8, 4) is 22.8 Å². The fraction of sp³-hybridized carbons (Fsp3) is 0.167. The van der Waals surface area contributed by atoms with Crippen molar-refractivity contribution < 1.29 is 9.47 Å². The van der Waals surface area contributed by atoms with Crippen LogP contribution >= 0.6 is 0 Å². The molecular formula is C18H15NO2. The van der Waals surface area contributed by atoms with Gasteiger partial charge in [0.25, 0.3) is 0 Å². The number of benzene rings is 2. The van der Waals surface area contributed by atoms with Gasteiger partial charge < -0.3 is 9.47 Å². The van der Waals surface area contributed by atoms with E-state index in [1.54, 1.807) is 0 Å². The van der Waals surface area contributed by atoms with E-state index < -0.39 is 0 Å². The van der Waals surface area contributed by atoms with E-state index in [0.29, 0.717) is 13.2 Å².